The summed E-state index contributed by atoms with van der Waals surface area (Å²) in [5.41, 5.74) is 0. The van der Waals surface area contributed by atoms with Gasteiger partial charge >= 0.3 is 12.0 Å². The quantitative estimate of drug-likeness (QED) is 0.560. The molecule has 16 heavy (non-hydrogen) atoms. The zero-order valence-corrected chi connectivity index (χ0v) is 9.95. The van der Waals surface area contributed by atoms with Crippen LogP contribution in [0.3, 0.4) is 0 Å². The van der Waals surface area contributed by atoms with Crippen LogP contribution >= 0.6 is 0 Å². The van der Waals surface area contributed by atoms with Gasteiger partial charge in [-0.2, -0.15) is 0 Å². The van der Waals surface area contributed by atoms with Crippen molar-refractivity contribution < 1.29 is 19.4 Å². The molecule has 0 aromatic carbocycles. The van der Waals surface area contributed by atoms with Gasteiger partial charge in [0.2, 0.25) is 0 Å². The number of carbonyl (C=O) groups is 2. The summed E-state index contributed by atoms with van der Waals surface area (Å²) in [6.07, 6.45) is 0.0476. The van der Waals surface area contributed by atoms with E-state index in [0.717, 1.165) is 0 Å². The molecule has 0 aliphatic heterocycles. The summed E-state index contributed by atoms with van der Waals surface area (Å²) in [5, 5.41) is 13.6. The molecule has 0 aromatic heterocycles. The maximum atomic E-state index is 11.2. The molecule has 0 aliphatic rings. The first-order valence-corrected chi connectivity index (χ1v) is 5.29. The molecule has 6 nitrogen and oxygen atoms in total. The third-order valence-corrected chi connectivity index (χ3v) is 1.70. The molecule has 0 aliphatic carbocycles. The van der Waals surface area contributed by atoms with Gasteiger partial charge in [-0.3, -0.25) is 4.79 Å². The van der Waals surface area contributed by atoms with Gasteiger partial charge in [-0.25, -0.2) is 4.79 Å². The summed E-state index contributed by atoms with van der Waals surface area (Å²) in [6, 6.07) is -0.760. The van der Waals surface area contributed by atoms with Crippen LogP contribution in [-0.4, -0.2) is 42.4 Å². The van der Waals surface area contributed by atoms with Gasteiger partial charge in [-0.05, 0) is 20.8 Å². The smallest absolute Gasteiger partial charge is 0.315 e. The molecule has 0 heterocycles. The average Bonchev–Trinajstić information content (AvgIpc) is 2.10. The molecule has 0 rings (SSSR count). The van der Waals surface area contributed by atoms with E-state index in [2.05, 4.69) is 10.6 Å². The second kappa shape index (κ2) is 7.92. The van der Waals surface area contributed by atoms with Crippen molar-refractivity contribution in [2.24, 2.45) is 0 Å². The highest BCUT2D eigenvalue weighted by molar-refractivity contribution is 5.75. The molecular weight excluding hydrogens is 212 g/mol. The van der Waals surface area contributed by atoms with E-state index in [-0.39, 0.29) is 24.6 Å². The predicted molar refractivity (Wildman–Crippen MR) is 59.3 cm³/mol. The van der Waals surface area contributed by atoms with Crippen LogP contribution in [0.5, 0.6) is 0 Å². The first-order valence-electron chi connectivity index (χ1n) is 5.29. The topological polar surface area (TPSA) is 87.7 Å². The minimum Gasteiger partial charge on any atom is -0.481 e. The summed E-state index contributed by atoms with van der Waals surface area (Å²) < 4.78 is 5.23. The summed E-state index contributed by atoms with van der Waals surface area (Å²) >= 11 is 0. The molecular formula is C10H20N2O4. The first kappa shape index (κ1) is 14.7. The molecule has 1 unspecified atom stereocenters. The maximum Gasteiger partial charge on any atom is 0.315 e. The molecule has 1 atom stereocenters. The van der Waals surface area contributed by atoms with Gasteiger partial charge in [0.15, 0.2) is 0 Å². The van der Waals surface area contributed by atoms with Crippen molar-refractivity contribution in [3.05, 3.63) is 0 Å². The zero-order chi connectivity index (χ0) is 12.6. The number of amides is 2. The monoisotopic (exact) mass is 232 g/mol. The Labute approximate surface area is 95.4 Å². The van der Waals surface area contributed by atoms with Crippen LogP contribution in [0.15, 0.2) is 0 Å². The van der Waals surface area contributed by atoms with Crippen LogP contribution in [0.4, 0.5) is 4.79 Å². The van der Waals surface area contributed by atoms with Gasteiger partial charge in [0.05, 0.1) is 19.1 Å². The van der Waals surface area contributed by atoms with E-state index in [1.165, 1.54) is 0 Å². The lowest BCUT2D eigenvalue weighted by Crippen LogP contribution is -2.42. The molecule has 0 bridgehead atoms. The van der Waals surface area contributed by atoms with Crippen molar-refractivity contribution in [1.82, 2.24) is 10.6 Å². The van der Waals surface area contributed by atoms with Crippen LogP contribution in [-0.2, 0) is 9.53 Å². The Balaban J connectivity index is 3.54. The molecule has 0 saturated carbocycles. The molecule has 0 radical (unpaired) electrons. The lowest BCUT2D eigenvalue weighted by molar-refractivity contribution is -0.137. The molecule has 0 aromatic rings. The number of carbonyl (C=O) groups excluding carboxylic acids is 1. The number of hydrogen-bond donors (Lipinski definition) is 3. The molecule has 3 N–H and O–H groups in total. The number of carboxylic acid groups (broad SMARTS) is 1. The second-order valence-electron chi connectivity index (χ2n) is 3.82. The lowest BCUT2D eigenvalue weighted by atomic mass is 10.2. The number of rotatable bonds is 7. The second-order valence-corrected chi connectivity index (χ2v) is 3.82. The average molecular weight is 232 g/mol. The highest BCUT2D eigenvalue weighted by Gasteiger charge is 2.09. The normalized spacial score (nSPS) is 12.2. The Kier molecular flexibility index (Phi) is 7.28. The van der Waals surface area contributed by atoms with E-state index in [0.29, 0.717) is 13.2 Å². The van der Waals surface area contributed by atoms with Gasteiger partial charge in [-0.15, -0.1) is 0 Å². The molecule has 2 amide bonds. The number of nitrogens with one attached hydrogen (secondary N) is 2. The van der Waals surface area contributed by atoms with E-state index in [9.17, 15) is 9.59 Å². The Morgan fingerprint density at radius 3 is 2.44 bits per heavy atom. The number of carboxylic acids is 1. The summed E-state index contributed by atoms with van der Waals surface area (Å²) in [7, 11) is 0. The lowest BCUT2D eigenvalue weighted by Gasteiger charge is -2.13. The van der Waals surface area contributed by atoms with Crippen LogP contribution < -0.4 is 10.6 Å². The summed E-state index contributed by atoms with van der Waals surface area (Å²) in [5.74, 6) is -0.934. The Hall–Kier alpha value is -1.30. The van der Waals surface area contributed by atoms with E-state index in [1.54, 1.807) is 6.92 Å². The van der Waals surface area contributed by atoms with E-state index < -0.39 is 5.97 Å². The SMILES string of the molecule is CC(CC(=O)O)NC(=O)NCCOC(C)C. The van der Waals surface area contributed by atoms with Gasteiger partial charge in [-0.1, -0.05) is 0 Å². The fourth-order valence-corrected chi connectivity index (χ4v) is 1.05. The number of ether oxygens (including phenoxy) is 1. The Morgan fingerprint density at radius 1 is 1.31 bits per heavy atom. The molecule has 0 saturated heterocycles. The molecule has 94 valence electrons. The van der Waals surface area contributed by atoms with Gasteiger partial charge in [0, 0.05) is 12.6 Å². The third kappa shape index (κ3) is 9.26. The minimum atomic E-state index is -0.934. The van der Waals surface area contributed by atoms with Crippen molar-refractivity contribution in [3.8, 4) is 0 Å². The first-order chi connectivity index (χ1) is 7.41. The van der Waals surface area contributed by atoms with Crippen molar-refractivity contribution >= 4 is 12.0 Å². The number of urea groups is 1. The highest BCUT2D eigenvalue weighted by atomic mass is 16.5. The van der Waals surface area contributed by atoms with Crippen LogP contribution in [0, 0.1) is 0 Å². The zero-order valence-electron chi connectivity index (χ0n) is 9.95. The summed E-state index contributed by atoms with van der Waals surface area (Å²) in [6.45, 7) is 6.31. The maximum absolute atomic E-state index is 11.2. The fourth-order valence-electron chi connectivity index (χ4n) is 1.05. The molecule has 0 fully saturated rings. The highest BCUT2D eigenvalue weighted by Crippen LogP contribution is 1.89. The number of hydrogen-bond acceptors (Lipinski definition) is 3. The fraction of sp³-hybridized carbons (Fsp3) is 0.800. The van der Waals surface area contributed by atoms with Crippen LogP contribution in [0.1, 0.15) is 27.2 Å². The van der Waals surface area contributed by atoms with Gasteiger partial charge < -0.3 is 20.5 Å². The van der Waals surface area contributed by atoms with Crippen molar-refractivity contribution in [2.45, 2.75) is 39.3 Å². The largest absolute Gasteiger partial charge is 0.481 e. The van der Waals surface area contributed by atoms with Crippen molar-refractivity contribution in [2.75, 3.05) is 13.2 Å². The summed E-state index contributed by atoms with van der Waals surface area (Å²) in [4.78, 5) is 21.5. The van der Waals surface area contributed by atoms with E-state index >= 15 is 0 Å². The van der Waals surface area contributed by atoms with Crippen molar-refractivity contribution in [3.63, 3.8) is 0 Å². The Bertz CT molecular complexity index is 231. The van der Waals surface area contributed by atoms with Crippen LogP contribution in [0.2, 0.25) is 0 Å². The van der Waals surface area contributed by atoms with E-state index in [4.69, 9.17) is 9.84 Å². The van der Waals surface area contributed by atoms with Crippen molar-refractivity contribution in [1.29, 1.82) is 0 Å². The minimum absolute atomic E-state index is 0.0874. The predicted octanol–water partition coefficient (Wildman–Crippen LogP) is 0.574. The van der Waals surface area contributed by atoms with E-state index in [1.807, 2.05) is 13.8 Å². The van der Waals surface area contributed by atoms with Crippen LogP contribution in [0.25, 0.3) is 0 Å². The number of aliphatic carboxylic acids is 1. The molecule has 0 spiro atoms. The van der Waals surface area contributed by atoms with Gasteiger partial charge in [0.25, 0.3) is 0 Å². The van der Waals surface area contributed by atoms with Gasteiger partial charge in [0.1, 0.15) is 0 Å². The Morgan fingerprint density at radius 2 is 1.94 bits per heavy atom. The molecule has 6 heteroatoms. The standard InChI is InChI=1S/C10H20N2O4/c1-7(2)16-5-4-11-10(15)12-8(3)6-9(13)14/h7-8H,4-6H2,1-3H3,(H,13,14)(H2,11,12,15). The third-order valence-electron chi connectivity index (χ3n) is 1.70.